The Morgan fingerprint density at radius 2 is 0.547 bits per heavy atom. The molecule has 0 heterocycles. The van der Waals surface area contributed by atoms with Gasteiger partial charge >= 0.3 is 5.97 Å². The quantitative estimate of drug-likeness (QED) is 0.0651. The van der Waals surface area contributed by atoms with Crippen molar-refractivity contribution >= 4 is 5.97 Å². The van der Waals surface area contributed by atoms with Crippen LogP contribution in [0.2, 0.25) is 0 Å². The fourth-order valence-corrected chi connectivity index (χ4v) is 4.10. The molecule has 0 aliphatic rings. The Morgan fingerprint density at radius 1 is 0.321 bits per heavy atom. The third-order valence-electron chi connectivity index (χ3n) is 6.73. The molecule has 0 aromatic heterocycles. The number of esters is 1. The molecule has 0 atom stereocenters. The summed E-state index contributed by atoms with van der Waals surface area (Å²) in [7, 11) is 0. The van der Waals surface area contributed by atoms with Crippen LogP contribution in [0.3, 0.4) is 0 Å². The van der Waals surface area contributed by atoms with E-state index in [2.05, 4.69) is 6.92 Å². The van der Waals surface area contributed by atoms with Crippen LogP contribution in [0.15, 0.2) is 0 Å². The second kappa shape index (κ2) is 43.7. The van der Waals surface area contributed by atoms with E-state index in [1.807, 2.05) is 20.8 Å². The van der Waals surface area contributed by atoms with Gasteiger partial charge < -0.3 is 66.3 Å². The van der Waals surface area contributed by atoms with E-state index in [-0.39, 0.29) is 12.4 Å². The third kappa shape index (κ3) is 48.9. The highest BCUT2D eigenvalue weighted by Crippen LogP contribution is 2.08. The van der Waals surface area contributed by atoms with Crippen LogP contribution in [0.1, 0.15) is 66.2 Å². The van der Waals surface area contributed by atoms with Gasteiger partial charge in [0.25, 0.3) is 0 Å². The molecule has 0 aliphatic carbocycles. The molecular weight excluding hydrogens is 696 g/mol. The number of rotatable bonds is 45. The first-order valence-corrected chi connectivity index (χ1v) is 19.7. The van der Waals surface area contributed by atoms with E-state index in [1.54, 1.807) is 0 Å². The molecule has 0 aromatic rings. The molecule has 0 bridgehead atoms. The normalized spacial score (nSPS) is 11.8. The Morgan fingerprint density at radius 3 is 0.792 bits per heavy atom. The molecule has 0 fully saturated rings. The van der Waals surface area contributed by atoms with Gasteiger partial charge in [-0.15, -0.1) is 0 Å². The average Bonchev–Trinajstić information content (AvgIpc) is 3.12. The second-order valence-corrected chi connectivity index (χ2v) is 12.7. The van der Waals surface area contributed by atoms with Crippen molar-refractivity contribution in [2.24, 2.45) is 0 Å². The minimum Gasteiger partial charge on any atom is -0.460 e. The van der Waals surface area contributed by atoms with Crippen LogP contribution >= 0.6 is 0 Å². The monoisotopic (exact) mass is 773 g/mol. The summed E-state index contributed by atoms with van der Waals surface area (Å²) in [6.07, 6.45) is 6.49. The topological polar surface area (TPSA) is 146 Å². The van der Waals surface area contributed by atoms with Gasteiger partial charge in [-0.3, -0.25) is 4.79 Å². The molecule has 15 nitrogen and oxygen atoms in total. The lowest BCUT2D eigenvalue weighted by atomic mass is 10.2. The van der Waals surface area contributed by atoms with Gasteiger partial charge in [-0.1, -0.05) is 32.6 Å². The maximum Gasteiger partial charge on any atom is 0.308 e. The molecule has 0 radical (unpaired) electrons. The fourth-order valence-electron chi connectivity index (χ4n) is 4.10. The van der Waals surface area contributed by atoms with Crippen LogP contribution in [0, 0.1) is 0 Å². The molecule has 15 heteroatoms. The Hall–Kier alpha value is -1.05. The molecule has 0 spiro atoms. The van der Waals surface area contributed by atoms with Crippen LogP contribution in [-0.2, 0) is 71.1 Å². The summed E-state index contributed by atoms with van der Waals surface area (Å²) in [4.78, 5) is 11.6. The van der Waals surface area contributed by atoms with Gasteiger partial charge in [0.15, 0.2) is 0 Å². The van der Waals surface area contributed by atoms with E-state index in [9.17, 15) is 4.79 Å². The van der Waals surface area contributed by atoms with Crippen molar-refractivity contribution < 1.29 is 71.1 Å². The summed E-state index contributed by atoms with van der Waals surface area (Å²) in [5.41, 5.74) is -0.475. The maximum atomic E-state index is 11.6. The first kappa shape index (κ1) is 52.0. The number of carbonyl (C=O) groups excluding carboxylic acids is 1. The molecule has 0 aliphatic heterocycles. The number of ether oxygens (including phenoxy) is 14. The van der Waals surface area contributed by atoms with Crippen LogP contribution in [0.4, 0.5) is 0 Å². The van der Waals surface area contributed by atoms with E-state index >= 15 is 0 Å². The molecule has 0 rings (SSSR count). The lowest BCUT2D eigenvalue weighted by Gasteiger charge is -2.19. The molecule has 318 valence electrons. The van der Waals surface area contributed by atoms with Crippen LogP contribution < -0.4 is 0 Å². The highest BCUT2D eigenvalue weighted by molar-refractivity contribution is 5.69. The molecule has 0 unspecified atom stereocenters. The van der Waals surface area contributed by atoms with E-state index in [1.165, 1.54) is 25.7 Å². The predicted molar refractivity (Wildman–Crippen MR) is 200 cm³/mol. The first-order chi connectivity index (χ1) is 26.0. The van der Waals surface area contributed by atoms with Crippen LogP contribution in [0.25, 0.3) is 0 Å². The molecule has 0 saturated heterocycles. The molecule has 0 saturated carbocycles. The molecular formula is C38H76O15. The Balaban J connectivity index is 3.09. The Kier molecular flexibility index (Phi) is 42.8. The molecule has 0 amide bonds. The van der Waals surface area contributed by atoms with Gasteiger partial charge in [-0.2, -0.15) is 0 Å². The summed E-state index contributed by atoms with van der Waals surface area (Å²) in [5, 5.41) is 0. The average molecular weight is 773 g/mol. The third-order valence-corrected chi connectivity index (χ3v) is 6.73. The van der Waals surface area contributed by atoms with Crippen molar-refractivity contribution in [2.45, 2.75) is 71.8 Å². The summed E-state index contributed by atoms with van der Waals surface area (Å²) < 4.78 is 76.5. The molecule has 0 N–H and O–H groups in total. The van der Waals surface area contributed by atoms with E-state index in [0.717, 1.165) is 13.0 Å². The Bertz CT molecular complexity index is 712. The standard InChI is InChI=1S/C38H76O15/c1-5-6-7-8-9-11-40-13-15-42-17-19-44-21-23-46-25-27-48-29-31-50-33-35-52-36-34-51-32-30-49-28-26-47-24-22-45-20-18-43-16-14-41-12-10-37(39)53-38(2,3)4/h5-36H2,1-4H3. The van der Waals surface area contributed by atoms with Crippen molar-refractivity contribution in [1.29, 1.82) is 0 Å². The summed E-state index contributed by atoms with van der Waals surface area (Å²) in [5.74, 6) is -0.265. The molecule has 0 aromatic carbocycles. The van der Waals surface area contributed by atoms with Crippen molar-refractivity contribution in [2.75, 3.05) is 172 Å². The van der Waals surface area contributed by atoms with E-state index in [4.69, 9.17) is 66.3 Å². The van der Waals surface area contributed by atoms with Gasteiger partial charge in [0, 0.05) is 6.61 Å². The van der Waals surface area contributed by atoms with Crippen LogP contribution in [0.5, 0.6) is 0 Å². The van der Waals surface area contributed by atoms with Crippen molar-refractivity contribution in [3.8, 4) is 0 Å². The summed E-state index contributed by atoms with van der Waals surface area (Å²) >= 11 is 0. The molecule has 53 heavy (non-hydrogen) atoms. The van der Waals surface area contributed by atoms with E-state index in [0.29, 0.717) is 165 Å². The van der Waals surface area contributed by atoms with Gasteiger partial charge in [-0.25, -0.2) is 0 Å². The maximum absolute atomic E-state index is 11.6. The zero-order valence-corrected chi connectivity index (χ0v) is 33.8. The number of hydrogen-bond donors (Lipinski definition) is 0. The lowest BCUT2D eigenvalue weighted by molar-refractivity contribution is -0.156. The minimum absolute atomic E-state index is 0.231. The van der Waals surface area contributed by atoms with Gasteiger partial charge in [0.05, 0.1) is 172 Å². The predicted octanol–water partition coefficient (Wildman–Crippen LogP) is 3.90. The summed E-state index contributed by atoms with van der Waals surface area (Å²) in [6.45, 7) is 21.1. The number of unbranched alkanes of at least 4 members (excludes halogenated alkanes) is 4. The largest absolute Gasteiger partial charge is 0.460 e. The second-order valence-electron chi connectivity index (χ2n) is 12.7. The van der Waals surface area contributed by atoms with Crippen molar-refractivity contribution in [3.05, 3.63) is 0 Å². The SMILES string of the molecule is CCCCCCCOCCOCCOCCOCCOCCOCCOCCOCCOCCOCCOCCOCCOCCC(=O)OC(C)(C)C. The van der Waals surface area contributed by atoms with Gasteiger partial charge in [0.1, 0.15) is 5.60 Å². The Labute approximate surface area is 320 Å². The number of carbonyl (C=O) groups is 1. The minimum atomic E-state index is -0.475. The fraction of sp³-hybridized carbons (Fsp3) is 0.974. The van der Waals surface area contributed by atoms with E-state index < -0.39 is 5.60 Å². The highest BCUT2D eigenvalue weighted by Gasteiger charge is 2.15. The van der Waals surface area contributed by atoms with Gasteiger partial charge in [0.2, 0.25) is 0 Å². The van der Waals surface area contributed by atoms with Crippen molar-refractivity contribution in [3.63, 3.8) is 0 Å². The first-order valence-electron chi connectivity index (χ1n) is 19.7. The number of hydrogen-bond acceptors (Lipinski definition) is 15. The zero-order chi connectivity index (χ0) is 38.6. The summed E-state index contributed by atoms with van der Waals surface area (Å²) in [6, 6.07) is 0. The zero-order valence-electron chi connectivity index (χ0n) is 33.8. The van der Waals surface area contributed by atoms with Crippen LogP contribution in [-0.4, -0.2) is 183 Å². The highest BCUT2D eigenvalue weighted by atomic mass is 16.6. The van der Waals surface area contributed by atoms with Gasteiger partial charge in [-0.05, 0) is 27.2 Å². The lowest BCUT2D eigenvalue weighted by Crippen LogP contribution is -2.24. The van der Waals surface area contributed by atoms with Crippen molar-refractivity contribution in [1.82, 2.24) is 0 Å². The smallest absolute Gasteiger partial charge is 0.308 e.